The number of aromatic nitrogens is 3. The number of benzene rings is 1. The highest BCUT2D eigenvalue weighted by molar-refractivity contribution is 6.30. The molecular formula is C21H21ClN4O. The van der Waals surface area contributed by atoms with E-state index in [0.717, 1.165) is 42.2 Å². The third-order valence-corrected chi connectivity index (χ3v) is 5.27. The summed E-state index contributed by atoms with van der Waals surface area (Å²) in [5.74, 6) is 0.0161. The lowest BCUT2D eigenvalue weighted by molar-refractivity contribution is 0.0721. The summed E-state index contributed by atoms with van der Waals surface area (Å²) in [4.78, 5) is 19.7. The van der Waals surface area contributed by atoms with Crippen LogP contribution in [0.4, 0.5) is 0 Å². The predicted octanol–water partition coefficient (Wildman–Crippen LogP) is 4.04. The van der Waals surface area contributed by atoms with Gasteiger partial charge in [0.25, 0.3) is 5.91 Å². The van der Waals surface area contributed by atoms with E-state index in [1.165, 1.54) is 5.56 Å². The Kier molecular flexibility index (Phi) is 4.94. The van der Waals surface area contributed by atoms with Crippen molar-refractivity contribution in [2.75, 3.05) is 6.54 Å². The molecule has 0 unspecified atom stereocenters. The SMILES string of the molecule is Cn1nccc1C(=O)N1CCC[C@H]1c1cccc(Cc2ccc(Cl)cc2)n1. The second-order valence-corrected chi connectivity index (χ2v) is 7.29. The molecule has 1 amide bonds. The van der Waals surface area contributed by atoms with E-state index in [-0.39, 0.29) is 11.9 Å². The van der Waals surface area contributed by atoms with Crippen LogP contribution in [0.2, 0.25) is 5.02 Å². The number of amides is 1. The van der Waals surface area contributed by atoms with Gasteiger partial charge in [0.15, 0.2) is 0 Å². The number of hydrogen-bond donors (Lipinski definition) is 0. The van der Waals surface area contributed by atoms with Crippen LogP contribution in [-0.2, 0) is 13.5 Å². The molecule has 3 aromatic rings. The largest absolute Gasteiger partial charge is 0.329 e. The van der Waals surface area contributed by atoms with E-state index in [1.807, 2.05) is 47.4 Å². The van der Waals surface area contributed by atoms with Crippen LogP contribution >= 0.6 is 11.6 Å². The Morgan fingerprint density at radius 2 is 2.00 bits per heavy atom. The van der Waals surface area contributed by atoms with Crippen LogP contribution in [0.15, 0.2) is 54.7 Å². The van der Waals surface area contributed by atoms with E-state index in [1.54, 1.807) is 24.0 Å². The fourth-order valence-corrected chi connectivity index (χ4v) is 3.77. The van der Waals surface area contributed by atoms with Crippen LogP contribution in [0.3, 0.4) is 0 Å². The van der Waals surface area contributed by atoms with Gasteiger partial charge in [0.05, 0.1) is 11.7 Å². The number of carbonyl (C=O) groups is 1. The minimum absolute atomic E-state index is 0.0116. The van der Waals surface area contributed by atoms with Crippen molar-refractivity contribution in [3.05, 3.63) is 82.4 Å². The van der Waals surface area contributed by atoms with Gasteiger partial charge in [0.2, 0.25) is 0 Å². The molecule has 0 aliphatic carbocycles. The number of halogens is 1. The van der Waals surface area contributed by atoms with Crippen molar-refractivity contribution in [2.24, 2.45) is 7.05 Å². The maximum atomic E-state index is 12.9. The normalized spacial score (nSPS) is 16.7. The smallest absolute Gasteiger partial charge is 0.272 e. The summed E-state index contributed by atoms with van der Waals surface area (Å²) in [6, 6.07) is 15.7. The van der Waals surface area contributed by atoms with Crippen molar-refractivity contribution in [1.29, 1.82) is 0 Å². The highest BCUT2D eigenvalue weighted by Gasteiger charge is 2.32. The number of carbonyl (C=O) groups excluding carboxylic acids is 1. The first kappa shape index (κ1) is 17.7. The molecule has 0 radical (unpaired) electrons. The average molecular weight is 381 g/mol. The molecule has 1 aliphatic heterocycles. The fraction of sp³-hybridized carbons (Fsp3) is 0.286. The van der Waals surface area contributed by atoms with Crippen molar-refractivity contribution in [3.8, 4) is 0 Å². The average Bonchev–Trinajstić information content (AvgIpc) is 3.32. The van der Waals surface area contributed by atoms with E-state index in [4.69, 9.17) is 16.6 Å². The molecule has 6 heteroatoms. The van der Waals surface area contributed by atoms with Gasteiger partial charge in [-0.05, 0) is 48.7 Å². The predicted molar refractivity (Wildman–Crippen MR) is 105 cm³/mol. The molecule has 1 aliphatic rings. The Bertz CT molecular complexity index is 951. The zero-order valence-corrected chi connectivity index (χ0v) is 15.9. The minimum Gasteiger partial charge on any atom is -0.329 e. The maximum Gasteiger partial charge on any atom is 0.272 e. The standard InChI is InChI=1S/C21H21ClN4O/c1-25-20(11-12-23-25)21(27)26-13-3-6-19(26)18-5-2-4-17(24-18)14-15-7-9-16(22)10-8-15/h2,4-5,7-12,19H,3,6,13-14H2,1H3/t19-/m0/s1. The number of likely N-dealkylation sites (tertiary alicyclic amines) is 1. The van der Waals surface area contributed by atoms with Crippen LogP contribution in [-0.4, -0.2) is 32.1 Å². The summed E-state index contributed by atoms with van der Waals surface area (Å²) in [7, 11) is 1.79. The summed E-state index contributed by atoms with van der Waals surface area (Å²) in [6.07, 6.45) is 4.31. The molecule has 1 fully saturated rings. The van der Waals surface area contributed by atoms with Crippen molar-refractivity contribution in [1.82, 2.24) is 19.7 Å². The first-order chi connectivity index (χ1) is 13.1. The number of rotatable bonds is 4. The monoisotopic (exact) mass is 380 g/mol. The third-order valence-electron chi connectivity index (χ3n) is 5.02. The third kappa shape index (κ3) is 3.74. The van der Waals surface area contributed by atoms with Crippen molar-refractivity contribution >= 4 is 17.5 Å². The highest BCUT2D eigenvalue weighted by atomic mass is 35.5. The Hall–Kier alpha value is -2.66. The molecule has 1 saturated heterocycles. The van der Waals surface area contributed by atoms with Gasteiger partial charge in [-0.2, -0.15) is 5.10 Å². The zero-order chi connectivity index (χ0) is 18.8. The summed E-state index contributed by atoms with van der Waals surface area (Å²) in [6.45, 7) is 0.748. The van der Waals surface area contributed by atoms with Gasteiger partial charge in [-0.3, -0.25) is 14.5 Å². The van der Waals surface area contributed by atoms with Crippen molar-refractivity contribution in [3.63, 3.8) is 0 Å². The number of hydrogen-bond acceptors (Lipinski definition) is 3. The molecule has 5 nitrogen and oxygen atoms in total. The molecule has 0 bridgehead atoms. The number of pyridine rings is 1. The Morgan fingerprint density at radius 3 is 2.74 bits per heavy atom. The second kappa shape index (κ2) is 7.53. The van der Waals surface area contributed by atoms with Crippen LogP contribution in [0.1, 0.15) is 46.3 Å². The van der Waals surface area contributed by atoms with Gasteiger partial charge in [-0.25, -0.2) is 0 Å². The van der Waals surface area contributed by atoms with Crippen LogP contribution in [0.5, 0.6) is 0 Å². The lowest BCUT2D eigenvalue weighted by Crippen LogP contribution is -2.32. The molecule has 0 spiro atoms. The van der Waals surface area contributed by atoms with Crippen LogP contribution in [0.25, 0.3) is 0 Å². The van der Waals surface area contributed by atoms with Gasteiger partial charge < -0.3 is 4.90 Å². The summed E-state index contributed by atoms with van der Waals surface area (Å²) in [5.41, 5.74) is 3.72. The van der Waals surface area contributed by atoms with Gasteiger partial charge in [-0.1, -0.05) is 29.8 Å². The van der Waals surface area contributed by atoms with Crippen molar-refractivity contribution < 1.29 is 4.79 Å². The maximum absolute atomic E-state index is 12.9. The quantitative estimate of drug-likeness (QED) is 0.686. The minimum atomic E-state index is 0.0116. The Morgan fingerprint density at radius 1 is 1.19 bits per heavy atom. The molecule has 1 atom stereocenters. The fourth-order valence-electron chi connectivity index (χ4n) is 3.64. The van der Waals surface area contributed by atoms with Crippen molar-refractivity contribution in [2.45, 2.75) is 25.3 Å². The van der Waals surface area contributed by atoms with E-state index in [9.17, 15) is 4.79 Å². The zero-order valence-electron chi connectivity index (χ0n) is 15.2. The number of aryl methyl sites for hydroxylation is 1. The van der Waals surface area contributed by atoms with Gasteiger partial charge in [0, 0.05) is 36.9 Å². The molecule has 4 rings (SSSR count). The van der Waals surface area contributed by atoms with E-state index in [2.05, 4.69) is 5.10 Å². The number of nitrogens with zero attached hydrogens (tertiary/aromatic N) is 4. The second-order valence-electron chi connectivity index (χ2n) is 6.85. The highest BCUT2D eigenvalue weighted by Crippen LogP contribution is 2.32. The molecule has 0 N–H and O–H groups in total. The van der Waals surface area contributed by atoms with Gasteiger partial charge >= 0.3 is 0 Å². The Labute approximate surface area is 163 Å². The van der Waals surface area contributed by atoms with E-state index in [0.29, 0.717) is 5.69 Å². The van der Waals surface area contributed by atoms with Crippen LogP contribution in [0, 0.1) is 0 Å². The topological polar surface area (TPSA) is 51.0 Å². The van der Waals surface area contributed by atoms with Gasteiger partial charge in [0.1, 0.15) is 5.69 Å². The summed E-state index contributed by atoms with van der Waals surface area (Å²) in [5, 5.41) is 4.85. The Balaban J connectivity index is 1.56. The lowest BCUT2D eigenvalue weighted by Gasteiger charge is -2.24. The first-order valence-corrected chi connectivity index (χ1v) is 9.49. The molecule has 2 aromatic heterocycles. The molecule has 3 heterocycles. The molecule has 138 valence electrons. The van der Waals surface area contributed by atoms with Gasteiger partial charge in [-0.15, -0.1) is 0 Å². The summed E-state index contributed by atoms with van der Waals surface area (Å²) >= 11 is 5.97. The van der Waals surface area contributed by atoms with E-state index < -0.39 is 0 Å². The lowest BCUT2D eigenvalue weighted by atomic mass is 10.1. The molecule has 27 heavy (non-hydrogen) atoms. The molecular weight excluding hydrogens is 360 g/mol. The molecule has 0 saturated carbocycles. The summed E-state index contributed by atoms with van der Waals surface area (Å²) < 4.78 is 1.63. The van der Waals surface area contributed by atoms with E-state index >= 15 is 0 Å². The first-order valence-electron chi connectivity index (χ1n) is 9.11. The van der Waals surface area contributed by atoms with Crippen LogP contribution < -0.4 is 0 Å². The molecule has 1 aromatic carbocycles.